The molecule has 128 valence electrons. The van der Waals surface area contributed by atoms with Gasteiger partial charge in [0.2, 0.25) is 0 Å². The third-order valence-corrected chi connectivity index (χ3v) is 4.58. The molecule has 1 heterocycles. The van der Waals surface area contributed by atoms with Crippen LogP contribution < -0.4 is 0 Å². The van der Waals surface area contributed by atoms with E-state index in [0.717, 1.165) is 39.2 Å². The van der Waals surface area contributed by atoms with E-state index in [2.05, 4.69) is 30.3 Å². The summed E-state index contributed by atoms with van der Waals surface area (Å²) >= 11 is 0. The normalized spacial score (nSPS) is 10.4. The fourth-order valence-corrected chi connectivity index (χ4v) is 3.36. The Morgan fingerprint density at radius 2 is 1.33 bits per heavy atom. The van der Waals surface area contributed by atoms with Gasteiger partial charge in [0.05, 0.1) is 17.3 Å². The Bertz CT molecular complexity index is 1120. The Balaban J connectivity index is 2.10. The van der Waals surface area contributed by atoms with Gasteiger partial charge in [-0.15, -0.1) is 0 Å². The summed E-state index contributed by atoms with van der Waals surface area (Å²) in [5.74, 6) is 0. The van der Waals surface area contributed by atoms with E-state index >= 15 is 0 Å². The van der Waals surface area contributed by atoms with Crippen molar-refractivity contribution in [3.63, 3.8) is 0 Å². The van der Waals surface area contributed by atoms with E-state index in [-0.39, 0.29) is 0 Å². The molecule has 0 aliphatic carbocycles. The van der Waals surface area contributed by atoms with Crippen molar-refractivity contribution in [1.82, 2.24) is 4.98 Å². The Morgan fingerprint density at radius 1 is 0.704 bits per heavy atom. The molecule has 0 N–H and O–H groups in total. The lowest BCUT2D eigenvalue weighted by atomic mass is 9.87. The molecule has 0 saturated carbocycles. The smallest absolute Gasteiger partial charge is 0.0992 e. The van der Waals surface area contributed by atoms with Gasteiger partial charge in [-0.2, -0.15) is 5.26 Å². The van der Waals surface area contributed by atoms with Crippen molar-refractivity contribution < 1.29 is 0 Å². The van der Waals surface area contributed by atoms with Crippen molar-refractivity contribution >= 4 is 0 Å². The molecule has 0 aliphatic rings. The highest BCUT2D eigenvalue weighted by molar-refractivity contribution is 5.94. The first-order chi connectivity index (χ1) is 13.3. The predicted molar refractivity (Wildman–Crippen MR) is 110 cm³/mol. The van der Waals surface area contributed by atoms with Gasteiger partial charge in [-0.3, -0.25) is 4.98 Å². The maximum absolute atomic E-state index is 9.63. The fourth-order valence-electron chi connectivity index (χ4n) is 3.36. The molecular formula is C25H18N2. The largest absolute Gasteiger partial charge is 0.253 e. The van der Waals surface area contributed by atoms with E-state index in [0.29, 0.717) is 5.56 Å². The summed E-state index contributed by atoms with van der Waals surface area (Å²) in [5, 5.41) is 9.63. The summed E-state index contributed by atoms with van der Waals surface area (Å²) in [6.07, 6.45) is 0. The number of hydrogen-bond donors (Lipinski definition) is 0. The van der Waals surface area contributed by atoms with Crippen molar-refractivity contribution in [3.8, 4) is 39.6 Å². The van der Waals surface area contributed by atoms with E-state index in [1.165, 1.54) is 0 Å². The average molecular weight is 346 g/mol. The molecule has 0 fully saturated rings. The van der Waals surface area contributed by atoms with Gasteiger partial charge >= 0.3 is 0 Å². The van der Waals surface area contributed by atoms with Crippen LogP contribution in [0.5, 0.6) is 0 Å². The van der Waals surface area contributed by atoms with Crippen LogP contribution in [-0.2, 0) is 0 Å². The van der Waals surface area contributed by atoms with Crippen LogP contribution in [0.25, 0.3) is 33.5 Å². The number of nitrogens with zero attached hydrogens (tertiary/aromatic N) is 2. The van der Waals surface area contributed by atoms with Crippen molar-refractivity contribution in [1.29, 1.82) is 5.26 Å². The van der Waals surface area contributed by atoms with Crippen LogP contribution in [0.15, 0.2) is 91.0 Å². The zero-order valence-corrected chi connectivity index (χ0v) is 15.1. The lowest BCUT2D eigenvalue weighted by Gasteiger charge is -2.17. The van der Waals surface area contributed by atoms with E-state index in [4.69, 9.17) is 4.98 Å². The number of aryl methyl sites for hydroxylation is 1. The minimum absolute atomic E-state index is 0.631. The van der Waals surface area contributed by atoms with Crippen LogP contribution in [0.2, 0.25) is 0 Å². The molecule has 0 radical (unpaired) electrons. The van der Waals surface area contributed by atoms with E-state index in [1.807, 2.05) is 73.7 Å². The molecule has 0 bridgehead atoms. The summed E-state index contributed by atoms with van der Waals surface area (Å²) in [6, 6.07) is 32.7. The molecule has 4 aromatic rings. The minimum Gasteiger partial charge on any atom is -0.253 e. The topological polar surface area (TPSA) is 36.7 Å². The molecule has 0 atom stereocenters. The van der Waals surface area contributed by atoms with Crippen LogP contribution in [0.1, 0.15) is 11.3 Å². The number of pyridine rings is 1. The summed E-state index contributed by atoms with van der Waals surface area (Å²) in [5.41, 5.74) is 7.77. The first kappa shape index (κ1) is 16.8. The first-order valence-corrected chi connectivity index (χ1v) is 8.89. The zero-order chi connectivity index (χ0) is 18.6. The third kappa shape index (κ3) is 3.36. The van der Waals surface area contributed by atoms with E-state index in [1.54, 1.807) is 0 Å². The molecule has 27 heavy (non-hydrogen) atoms. The monoisotopic (exact) mass is 346 g/mol. The Labute approximate surface area is 159 Å². The van der Waals surface area contributed by atoms with Gasteiger partial charge in [-0.05, 0) is 53.4 Å². The number of benzene rings is 3. The van der Waals surface area contributed by atoms with Crippen molar-refractivity contribution in [2.75, 3.05) is 0 Å². The highest BCUT2D eigenvalue weighted by Gasteiger charge is 2.16. The lowest BCUT2D eigenvalue weighted by Crippen LogP contribution is -1.95. The molecule has 3 aromatic carbocycles. The van der Waals surface area contributed by atoms with Crippen molar-refractivity contribution in [2.45, 2.75) is 6.92 Å². The van der Waals surface area contributed by atoms with Gasteiger partial charge < -0.3 is 0 Å². The summed E-state index contributed by atoms with van der Waals surface area (Å²) in [6.45, 7) is 1.98. The van der Waals surface area contributed by atoms with Gasteiger partial charge in [0.15, 0.2) is 0 Å². The minimum atomic E-state index is 0.631. The zero-order valence-electron chi connectivity index (χ0n) is 15.1. The Morgan fingerprint density at radius 3 is 1.96 bits per heavy atom. The first-order valence-electron chi connectivity index (χ1n) is 8.89. The Kier molecular flexibility index (Phi) is 4.51. The number of aromatic nitrogens is 1. The lowest BCUT2D eigenvalue weighted by molar-refractivity contribution is 1.20. The molecule has 0 amide bonds. The molecule has 2 heteroatoms. The predicted octanol–water partition coefficient (Wildman–Crippen LogP) is 6.26. The molecule has 0 saturated heterocycles. The van der Waals surface area contributed by atoms with Crippen molar-refractivity contribution in [3.05, 3.63) is 102 Å². The number of rotatable bonds is 3. The van der Waals surface area contributed by atoms with Crippen LogP contribution >= 0.6 is 0 Å². The van der Waals surface area contributed by atoms with Gasteiger partial charge in [-0.1, -0.05) is 66.7 Å². The van der Waals surface area contributed by atoms with Crippen LogP contribution in [0.3, 0.4) is 0 Å². The van der Waals surface area contributed by atoms with Gasteiger partial charge in [0.1, 0.15) is 0 Å². The maximum atomic E-state index is 9.63. The second kappa shape index (κ2) is 7.27. The third-order valence-electron chi connectivity index (χ3n) is 4.58. The van der Waals surface area contributed by atoms with Gasteiger partial charge in [-0.25, -0.2) is 0 Å². The molecule has 0 aliphatic heterocycles. The summed E-state index contributed by atoms with van der Waals surface area (Å²) in [4.78, 5) is 4.73. The number of hydrogen-bond acceptors (Lipinski definition) is 2. The summed E-state index contributed by atoms with van der Waals surface area (Å²) in [7, 11) is 0. The standard InChI is InChI=1S/C25H18N2/c1-18-9-8-14-24(27-18)23-16-19(17-26)15-22(20-10-4-2-5-11-20)25(23)21-12-6-3-7-13-21/h2-16H,1H3. The average Bonchev–Trinajstić information content (AvgIpc) is 2.74. The van der Waals surface area contributed by atoms with Crippen LogP contribution in [0, 0.1) is 18.3 Å². The highest BCUT2D eigenvalue weighted by atomic mass is 14.7. The Hall–Kier alpha value is -3.70. The number of nitriles is 1. The van der Waals surface area contributed by atoms with E-state index < -0.39 is 0 Å². The molecule has 0 unspecified atom stereocenters. The molecule has 0 spiro atoms. The highest BCUT2D eigenvalue weighted by Crippen LogP contribution is 2.40. The van der Waals surface area contributed by atoms with Crippen LogP contribution in [0.4, 0.5) is 0 Å². The fraction of sp³-hybridized carbons (Fsp3) is 0.0400. The second-order valence-electron chi connectivity index (χ2n) is 6.45. The van der Waals surface area contributed by atoms with Gasteiger partial charge in [0, 0.05) is 11.3 Å². The summed E-state index contributed by atoms with van der Waals surface area (Å²) < 4.78 is 0. The molecule has 2 nitrogen and oxygen atoms in total. The van der Waals surface area contributed by atoms with Crippen LogP contribution in [-0.4, -0.2) is 4.98 Å². The SMILES string of the molecule is Cc1cccc(-c2cc(C#N)cc(-c3ccccc3)c2-c2ccccc2)n1. The molecular weight excluding hydrogens is 328 g/mol. The van der Waals surface area contributed by atoms with Gasteiger partial charge in [0.25, 0.3) is 0 Å². The quantitative estimate of drug-likeness (QED) is 0.439. The molecule has 4 rings (SSSR count). The maximum Gasteiger partial charge on any atom is 0.0992 e. The second-order valence-corrected chi connectivity index (χ2v) is 6.45. The molecule has 1 aromatic heterocycles. The van der Waals surface area contributed by atoms with Crippen molar-refractivity contribution in [2.24, 2.45) is 0 Å². The van der Waals surface area contributed by atoms with E-state index in [9.17, 15) is 5.26 Å².